The van der Waals surface area contributed by atoms with Crippen molar-refractivity contribution in [2.45, 2.75) is 89.6 Å². The Labute approximate surface area is 182 Å². The lowest BCUT2D eigenvalue weighted by atomic mass is 9.92. The fourth-order valence-electron chi connectivity index (χ4n) is 3.97. The van der Waals surface area contributed by atoms with E-state index in [1.54, 1.807) is 42.7 Å². The molecule has 0 atom stereocenters. The molecule has 0 saturated heterocycles. The molecule has 0 fully saturated rings. The molecule has 0 aliphatic rings. The van der Waals surface area contributed by atoms with Crippen molar-refractivity contribution in [2.75, 3.05) is 42.7 Å². The molecule has 0 aromatic heterocycles. The molecule has 176 valence electrons. The van der Waals surface area contributed by atoms with Gasteiger partial charge in [-0.05, 0) is 18.8 Å². The lowest BCUT2D eigenvalue weighted by Crippen LogP contribution is -2.42. The first-order chi connectivity index (χ1) is 14.0. The van der Waals surface area contributed by atoms with Gasteiger partial charge in [0.25, 0.3) is 0 Å². The minimum atomic E-state index is -2.47. The normalized spacial score (nSPS) is 12.8. The van der Waals surface area contributed by atoms with Crippen molar-refractivity contribution in [3.05, 3.63) is 0 Å². The predicted molar refractivity (Wildman–Crippen MR) is 123 cm³/mol. The summed E-state index contributed by atoms with van der Waals surface area (Å²) in [5.41, 5.74) is 0. The van der Waals surface area contributed by atoms with Crippen LogP contribution in [0, 0.1) is 5.92 Å². The van der Waals surface area contributed by atoms with Gasteiger partial charge < -0.3 is 26.6 Å². The second kappa shape index (κ2) is 17.8. The highest BCUT2D eigenvalue weighted by molar-refractivity contribution is 6.60. The van der Waals surface area contributed by atoms with E-state index >= 15 is 0 Å². The fourth-order valence-corrected chi connectivity index (χ4v) is 7.47. The summed E-state index contributed by atoms with van der Waals surface area (Å²) in [6.07, 6.45) is 13.9. The average Bonchev–Trinajstić information content (AvgIpc) is 2.77. The van der Waals surface area contributed by atoms with E-state index in [0.29, 0.717) is 5.92 Å². The monoisotopic (exact) mass is 452 g/mol. The Hall–Kier alpha value is 0.194. The second-order valence-electron chi connectivity index (χ2n) is 7.80. The Kier molecular flexibility index (Phi) is 18.0. The molecule has 0 amide bonds. The van der Waals surface area contributed by atoms with E-state index in [2.05, 4.69) is 6.92 Å². The van der Waals surface area contributed by atoms with Crippen molar-refractivity contribution >= 4 is 17.6 Å². The van der Waals surface area contributed by atoms with Gasteiger partial charge in [0.2, 0.25) is 0 Å². The van der Waals surface area contributed by atoms with Crippen LogP contribution in [0.4, 0.5) is 0 Å². The Balaban J connectivity index is 4.55. The summed E-state index contributed by atoms with van der Waals surface area (Å²) in [6, 6.07) is 1.74. The Morgan fingerprint density at radius 3 is 1.21 bits per heavy atom. The van der Waals surface area contributed by atoms with Crippen LogP contribution in [0.3, 0.4) is 0 Å². The van der Waals surface area contributed by atoms with E-state index in [4.69, 9.17) is 26.6 Å². The highest BCUT2D eigenvalue weighted by Gasteiger charge is 2.38. The summed E-state index contributed by atoms with van der Waals surface area (Å²) in [7, 11) is 5.21. The van der Waals surface area contributed by atoms with Crippen LogP contribution >= 0.6 is 0 Å². The van der Waals surface area contributed by atoms with Crippen LogP contribution in [0.25, 0.3) is 0 Å². The number of hydrogen-bond donors (Lipinski definition) is 0. The molecular formula is C21H48O6Si2. The largest absolute Gasteiger partial charge is 0.500 e. The van der Waals surface area contributed by atoms with Crippen molar-refractivity contribution in [1.29, 1.82) is 0 Å². The van der Waals surface area contributed by atoms with Gasteiger partial charge in [0.05, 0.1) is 0 Å². The highest BCUT2D eigenvalue weighted by atomic mass is 28.4. The van der Waals surface area contributed by atoms with Gasteiger partial charge in [-0.2, -0.15) is 0 Å². The zero-order valence-electron chi connectivity index (χ0n) is 20.2. The van der Waals surface area contributed by atoms with Gasteiger partial charge >= 0.3 is 17.6 Å². The molecular weight excluding hydrogens is 404 g/mol. The maximum atomic E-state index is 5.57. The van der Waals surface area contributed by atoms with E-state index in [9.17, 15) is 0 Å². The first kappa shape index (κ1) is 29.2. The van der Waals surface area contributed by atoms with Gasteiger partial charge in [-0.25, -0.2) is 0 Å². The molecule has 0 saturated carbocycles. The summed E-state index contributed by atoms with van der Waals surface area (Å²) < 4.78 is 33.4. The highest BCUT2D eigenvalue weighted by Crippen LogP contribution is 2.28. The Morgan fingerprint density at radius 1 is 0.483 bits per heavy atom. The third kappa shape index (κ3) is 12.0. The fraction of sp³-hybridized carbons (Fsp3) is 1.00. The molecule has 6 nitrogen and oxygen atoms in total. The van der Waals surface area contributed by atoms with E-state index in [1.165, 1.54) is 57.8 Å². The molecule has 0 aliphatic carbocycles. The van der Waals surface area contributed by atoms with Gasteiger partial charge in [0.15, 0.2) is 0 Å². The van der Waals surface area contributed by atoms with E-state index in [1.807, 2.05) is 0 Å². The summed E-state index contributed by atoms with van der Waals surface area (Å²) in [5, 5.41) is 0. The van der Waals surface area contributed by atoms with Crippen molar-refractivity contribution in [1.82, 2.24) is 0 Å². The lowest BCUT2D eigenvalue weighted by molar-refractivity contribution is 0.121. The third-order valence-electron chi connectivity index (χ3n) is 6.02. The Morgan fingerprint density at radius 2 is 0.828 bits per heavy atom. The molecule has 0 spiro atoms. The van der Waals surface area contributed by atoms with Crippen molar-refractivity contribution in [3.8, 4) is 0 Å². The topological polar surface area (TPSA) is 55.4 Å². The molecule has 0 rings (SSSR count). The van der Waals surface area contributed by atoms with Crippen LogP contribution in [-0.2, 0) is 26.6 Å². The van der Waals surface area contributed by atoms with Gasteiger partial charge in [0, 0.05) is 54.7 Å². The molecule has 0 radical (unpaired) electrons. The Bertz CT molecular complexity index is 323. The first-order valence-electron chi connectivity index (χ1n) is 11.3. The molecule has 0 N–H and O–H groups in total. The maximum absolute atomic E-state index is 5.57. The molecule has 0 heterocycles. The van der Waals surface area contributed by atoms with Crippen molar-refractivity contribution < 1.29 is 26.6 Å². The minimum absolute atomic E-state index is 0.704. The van der Waals surface area contributed by atoms with E-state index < -0.39 is 17.6 Å². The standard InChI is InChI=1S/C21H48O6Si2/c1-8-9-10-11-12-13-16-21(17-14-19-28(22-2,23-3)24-4)18-15-20-29(25-5,26-6)27-7/h21H,8-20H2,1-7H3. The number of rotatable bonds is 21. The summed E-state index contributed by atoms with van der Waals surface area (Å²) in [4.78, 5) is 0. The zero-order valence-corrected chi connectivity index (χ0v) is 22.2. The van der Waals surface area contributed by atoms with E-state index in [-0.39, 0.29) is 0 Å². The van der Waals surface area contributed by atoms with Gasteiger partial charge in [0.1, 0.15) is 0 Å². The molecule has 29 heavy (non-hydrogen) atoms. The predicted octanol–water partition coefficient (Wildman–Crippen LogP) is 5.67. The number of unbranched alkanes of at least 4 members (excludes halogenated alkanes) is 5. The summed E-state index contributed by atoms with van der Waals surface area (Å²) in [5.74, 6) is 0.704. The third-order valence-corrected chi connectivity index (χ3v) is 11.7. The van der Waals surface area contributed by atoms with Crippen LogP contribution in [0.1, 0.15) is 77.6 Å². The maximum Gasteiger partial charge on any atom is 0.500 e. The van der Waals surface area contributed by atoms with Crippen LogP contribution in [0.15, 0.2) is 0 Å². The van der Waals surface area contributed by atoms with Crippen LogP contribution < -0.4 is 0 Å². The van der Waals surface area contributed by atoms with Crippen molar-refractivity contribution in [2.24, 2.45) is 5.92 Å². The van der Waals surface area contributed by atoms with Crippen LogP contribution in [0.2, 0.25) is 12.1 Å². The minimum Gasteiger partial charge on any atom is -0.377 e. The SMILES string of the molecule is CCCCCCCCC(CCC[Si](OC)(OC)OC)CCC[Si](OC)(OC)OC. The summed E-state index contributed by atoms with van der Waals surface area (Å²) >= 11 is 0. The van der Waals surface area contributed by atoms with Crippen molar-refractivity contribution in [3.63, 3.8) is 0 Å². The molecule has 0 aliphatic heterocycles. The smallest absolute Gasteiger partial charge is 0.377 e. The van der Waals surface area contributed by atoms with Crippen LogP contribution in [-0.4, -0.2) is 60.3 Å². The second-order valence-corrected chi connectivity index (χ2v) is 14.0. The lowest BCUT2D eigenvalue weighted by Gasteiger charge is -2.26. The van der Waals surface area contributed by atoms with Crippen LogP contribution in [0.5, 0.6) is 0 Å². The molecule has 0 unspecified atom stereocenters. The zero-order chi connectivity index (χ0) is 22.0. The average molecular weight is 453 g/mol. The molecule has 0 bridgehead atoms. The molecule has 8 heteroatoms. The first-order valence-corrected chi connectivity index (χ1v) is 15.2. The van der Waals surface area contributed by atoms with Gasteiger partial charge in [-0.3, -0.25) is 0 Å². The number of hydrogen-bond acceptors (Lipinski definition) is 6. The van der Waals surface area contributed by atoms with Gasteiger partial charge in [-0.15, -0.1) is 0 Å². The molecule has 0 aromatic rings. The van der Waals surface area contributed by atoms with E-state index in [0.717, 1.165) is 24.9 Å². The summed E-state index contributed by atoms with van der Waals surface area (Å²) in [6.45, 7) is 2.27. The van der Waals surface area contributed by atoms with Gasteiger partial charge in [-0.1, -0.05) is 64.7 Å². The quantitative estimate of drug-likeness (QED) is 0.165. The molecule has 0 aromatic carbocycles.